The van der Waals surface area contributed by atoms with Gasteiger partial charge in [0.1, 0.15) is 11.3 Å². The third-order valence-corrected chi connectivity index (χ3v) is 9.71. The lowest BCUT2D eigenvalue weighted by Crippen LogP contribution is -2.18. The first-order valence-electron chi connectivity index (χ1n) is 10.0. The molecule has 1 aromatic rings. The zero-order valence-electron chi connectivity index (χ0n) is 17.2. The number of carbonyl (C=O) groups is 2. The molecule has 0 aliphatic carbocycles. The van der Waals surface area contributed by atoms with Gasteiger partial charge in [-0.15, -0.1) is 0 Å². The smallest absolute Gasteiger partial charge is 0.341 e. The molecule has 3 N–H and O–H groups in total. The third-order valence-electron chi connectivity index (χ3n) is 4.43. The third kappa shape index (κ3) is 10.1. The van der Waals surface area contributed by atoms with E-state index in [2.05, 4.69) is 26.2 Å². The lowest BCUT2D eigenvalue weighted by molar-refractivity contribution is -0.113. The van der Waals surface area contributed by atoms with Crippen molar-refractivity contribution in [1.29, 1.82) is 0 Å². The van der Waals surface area contributed by atoms with Crippen LogP contribution < -0.4 is 10.6 Å². The van der Waals surface area contributed by atoms with E-state index in [-0.39, 0.29) is 17.2 Å². The van der Waals surface area contributed by atoms with Crippen molar-refractivity contribution in [2.24, 2.45) is 0 Å². The summed E-state index contributed by atoms with van der Waals surface area (Å²) in [6, 6.07) is 4.32. The summed E-state index contributed by atoms with van der Waals surface area (Å²) < 4.78 is 4.61. The second-order valence-corrected chi connectivity index (χ2v) is 12.2. The van der Waals surface area contributed by atoms with Crippen LogP contribution in [0.3, 0.4) is 0 Å². The fraction of sp³-hybridized carbons (Fsp3) is 0.600. The van der Waals surface area contributed by atoms with Crippen LogP contribution >= 0.6 is 43.2 Å². The molecule has 1 fully saturated rings. The summed E-state index contributed by atoms with van der Waals surface area (Å²) in [4.78, 5) is 23.6. The van der Waals surface area contributed by atoms with Crippen molar-refractivity contribution in [2.75, 3.05) is 42.8 Å². The molecule has 1 atom stereocenters. The van der Waals surface area contributed by atoms with Gasteiger partial charge in [0, 0.05) is 29.0 Å². The molecule has 2 rings (SSSR count). The maximum atomic E-state index is 12.0. The van der Waals surface area contributed by atoms with Crippen molar-refractivity contribution in [3.8, 4) is 5.75 Å². The Morgan fingerprint density at radius 2 is 2.10 bits per heavy atom. The monoisotopic (exact) mass is 490 g/mol. The number of benzene rings is 1. The largest absolute Gasteiger partial charge is 0.507 e. The van der Waals surface area contributed by atoms with Gasteiger partial charge in [-0.25, -0.2) is 4.79 Å². The van der Waals surface area contributed by atoms with Crippen LogP contribution in [0.4, 0.5) is 5.69 Å². The van der Waals surface area contributed by atoms with Crippen molar-refractivity contribution in [3.05, 3.63) is 23.8 Å². The predicted molar refractivity (Wildman–Crippen MR) is 133 cm³/mol. The summed E-state index contributed by atoms with van der Waals surface area (Å²) in [5.41, 5.74) is 0.482. The highest BCUT2D eigenvalue weighted by atomic mass is 33.1. The number of phenolic OH excluding ortho intramolecular Hbond substituents is 1. The topological polar surface area (TPSA) is 87.7 Å². The Morgan fingerprint density at radius 3 is 2.87 bits per heavy atom. The van der Waals surface area contributed by atoms with E-state index in [1.54, 1.807) is 16.9 Å². The predicted octanol–water partition coefficient (Wildman–Crippen LogP) is 4.80. The van der Waals surface area contributed by atoms with E-state index in [9.17, 15) is 14.7 Å². The number of hydrogen-bond donors (Lipinski definition) is 3. The van der Waals surface area contributed by atoms with E-state index in [1.807, 2.05) is 10.8 Å². The van der Waals surface area contributed by atoms with Crippen LogP contribution in [-0.2, 0) is 9.53 Å². The highest BCUT2D eigenvalue weighted by molar-refractivity contribution is 8.77. The second kappa shape index (κ2) is 15.2. The standard InChI is InChI=1S/C20H30N2O4S4/c1-26-20(25)17-13-15(6-7-18(17)23)22-19(24)14-29-27-12-10-21-9-4-2-3-5-16-8-11-28-30-16/h6-7,13,16,21,23H,2-5,8-12,14H2,1H3,(H,22,24). The Balaban J connectivity index is 1.46. The summed E-state index contributed by atoms with van der Waals surface area (Å²) >= 11 is 0. The number of amides is 1. The molecule has 0 radical (unpaired) electrons. The Labute approximate surface area is 194 Å². The molecule has 1 heterocycles. The second-order valence-electron chi connectivity index (χ2n) is 6.78. The summed E-state index contributed by atoms with van der Waals surface area (Å²) in [7, 11) is 8.49. The highest BCUT2D eigenvalue weighted by Crippen LogP contribution is 2.39. The number of nitrogens with one attached hydrogen (secondary N) is 2. The lowest BCUT2D eigenvalue weighted by Gasteiger charge is -2.08. The van der Waals surface area contributed by atoms with Crippen LogP contribution in [-0.4, -0.2) is 59.7 Å². The molecule has 6 nitrogen and oxygen atoms in total. The molecule has 1 aliphatic heterocycles. The number of methoxy groups -OCH3 is 1. The molecule has 1 saturated heterocycles. The molecule has 1 aliphatic rings. The van der Waals surface area contributed by atoms with Gasteiger partial charge >= 0.3 is 5.97 Å². The van der Waals surface area contributed by atoms with Crippen LogP contribution in [0, 0.1) is 0 Å². The van der Waals surface area contributed by atoms with Crippen molar-refractivity contribution < 1.29 is 19.4 Å². The first-order chi connectivity index (χ1) is 14.6. The van der Waals surface area contributed by atoms with Gasteiger partial charge in [0.25, 0.3) is 0 Å². The fourth-order valence-electron chi connectivity index (χ4n) is 2.84. The molecule has 0 bridgehead atoms. The van der Waals surface area contributed by atoms with E-state index in [1.165, 1.54) is 67.9 Å². The summed E-state index contributed by atoms with van der Waals surface area (Å²) in [6.45, 7) is 2.00. The quantitative estimate of drug-likeness (QED) is 0.147. The number of unbranched alkanes of at least 4 members (excludes halogenated alkanes) is 2. The number of hydrogen-bond acceptors (Lipinski definition) is 9. The zero-order chi connectivity index (χ0) is 21.6. The summed E-state index contributed by atoms with van der Waals surface area (Å²) in [6.07, 6.45) is 6.60. The zero-order valence-corrected chi connectivity index (χ0v) is 20.5. The van der Waals surface area contributed by atoms with Crippen molar-refractivity contribution >= 4 is 60.7 Å². The minimum absolute atomic E-state index is 0.0276. The van der Waals surface area contributed by atoms with Crippen molar-refractivity contribution in [1.82, 2.24) is 5.32 Å². The Kier molecular flexibility index (Phi) is 12.9. The van der Waals surface area contributed by atoms with E-state index in [0.29, 0.717) is 11.4 Å². The number of carbonyl (C=O) groups excluding carboxylic acids is 2. The molecule has 168 valence electrons. The number of aromatic hydroxyl groups is 1. The van der Waals surface area contributed by atoms with Crippen molar-refractivity contribution in [3.63, 3.8) is 0 Å². The van der Waals surface area contributed by atoms with Gasteiger partial charge in [0.15, 0.2) is 0 Å². The first-order valence-corrected chi connectivity index (χ1v) is 14.9. The minimum Gasteiger partial charge on any atom is -0.507 e. The number of ether oxygens (including phenoxy) is 1. The number of anilines is 1. The number of esters is 1. The maximum absolute atomic E-state index is 12.0. The van der Waals surface area contributed by atoms with Gasteiger partial charge in [0.05, 0.1) is 12.9 Å². The molecule has 0 saturated carbocycles. The molecular weight excluding hydrogens is 460 g/mol. The van der Waals surface area contributed by atoms with Crippen molar-refractivity contribution in [2.45, 2.75) is 37.4 Å². The van der Waals surface area contributed by atoms with Gasteiger partial charge in [-0.05, 0) is 44.0 Å². The SMILES string of the molecule is COC(=O)c1cc(NC(=O)CSSCCNCCCCCC2CCSS2)ccc1O. The molecule has 10 heteroatoms. The Morgan fingerprint density at radius 1 is 1.23 bits per heavy atom. The van der Waals surface area contributed by atoms with Gasteiger partial charge in [0.2, 0.25) is 5.91 Å². The van der Waals surface area contributed by atoms with E-state index in [4.69, 9.17) is 0 Å². The normalized spacial score (nSPS) is 15.8. The molecule has 0 aromatic heterocycles. The molecule has 1 amide bonds. The van der Waals surface area contributed by atoms with Crippen LogP contribution in [0.25, 0.3) is 0 Å². The van der Waals surface area contributed by atoms with Gasteiger partial charge in [-0.2, -0.15) is 0 Å². The average molecular weight is 491 g/mol. The van der Waals surface area contributed by atoms with Crippen LogP contribution in [0.5, 0.6) is 5.75 Å². The van der Waals surface area contributed by atoms with E-state index < -0.39 is 5.97 Å². The molecule has 1 unspecified atom stereocenters. The first kappa shape index (κ1) is 25.6. The minimum atomic E-state index is -0.645. The van der Waals surface area contributed by atoms with Crippen LogP contribution in [0.15, 0.2) is 18.2 Å². The van der Waals surface area contributed by atoms with E-state index in [0.717, 1.165) is 24.1 Å². The van der Waals surface area contributed by atoms with Crippen LogP contribution in [0.1, 0.15) is 42.5 Å². The maximum Gasteiger partial charge on any atom is 0.341 e. The van der Waals surface area contributed by atoms with Gasteiger partial charge in [-0.3, -0.25) is 4.79 Å². The number of phenols is 1. The number of rotatable bonds is 14. The Hall–Kier alpha value is -0.680. The molecule has 30 heavy (non-hydrogen) atoms. The lowest BCUT2D eigenvalue weighted by atomic mass is 10.1. The summed E-state index contributed by atoms with van der Waals surface area (Å²) in [5, 5.41) is 16.8. The highest BCUT2D eigenvalue weighted by Gasteiger charge is 2.15. The van der Waals surface area contributed by atoms with E-state index >= 15 is 0 Å². The molecular formula is C20H30N2O4S4. The summed E-state index contributed by atoms with van der Waals surface area (Å²) in [5.74, 6) is 1.61. The molecule has 1 aromatic carbocycles. The molecule has 0 spiro atoms. The van der Waals surface area contributed by atoms with Crippen LogP contribution in [0.2, 0.25) is 0 Å². The van der Waals surface area contributed by atoms with Gasteiger partial charge in [-0.1, -0.05) is 56.0 Å². The Bertz CT molecular complexity index is 672. The fourth-order valence-corrected chi connectivity index (χ4v) is 7.65. The average Bonchev–Trinajstić information content (AvgIpc) is 3.26. The van der Waals surface area contributed by atoms with Gasteiger partial charge < -0.3 is 20.5 Å².